The summed E-state index contributed by atoms with van der Waals surface area (Å²) in [6.07, 6.45) is 0. The zero-order chi connectivity index (χ0) is 20.8. The van der Waals surface area contributed by atoms with E-state index in [-0.39, 0.29) is 5.41 Å². The molecule has 0 spiro atoms. The van der Waals surface area contributed by atoms with Crippen LogP contribution in [0.15, 0.2) is 36.4 Å². The van der Waals surface area contributed by atoms with Crippen LogP contribution < -0.4 is 14.4 Å². The molecular formula is C23H26N2O4. The van der Waals surface area contributed by atoms with Crippen LogP contribution in [0.25, 0.3) is 0 Å². The summed E-state index contributed by atoms with van der Waals surface area (Å²) < 4.78 is 11.2. The summed E-state index contributed by atoms with van der Waals surface area (Å²) >= 11 is 0. The lowest BCUT2D eigenvalue weighted by Gasteiger charge is -2.26. The fourth-order valence-electron chi connectivity index (χ4n) is 3.68. The Labute approximate surface area is 171 Å². The summed E-state index contributed by atoms with van der Waals surface area (Å²) in [4.78, 5) is 28.6. The van der Waals surface area contributed by atoms with Crippen molar-refractivity contribution in [3.8, 4) is 11.5 Å². The highest BCUT2D eigenvalue weighted by Crippen LogP contribution is 2.40. The molecule has 2 aliphatic rings. The van der Waals surface area contributed by atoms with Crippen LogP contribution >= 0.6 is 0 Å². The van der Waals surface area contributed by atoms with Gasteiger partial charge in [-0.3, -0.25) is 19.4 Å². The second-order valence-electron chi connectivity index (χ2n) is 8.68. The van der Waals surface area contributed by atoms with E-state index in [0.717, 1.165) is 5.56 Å². The highest BCUT2D eigenvalue weighted by molar-refractivity contribution is 6.52. The van der Waals surface area contributed by atoms with Crippen LogP contribution in [-0.2, 0) is 16.8 Å². The first-order valence-electron chi connectivity index (χ1n) is 9.82. The maximum absolute atomic E-state index is 12.6. The standard InChI is InChI=1S/C23H26N2O4/c1-23(2,3)16-7-5-15(6-8-16)13-24(4)14-25-18-12-20-19(28-9-10-29-20)11-17(18)21(26)22(25)27/h5-8,11-12H,9-10,13-14H2,1-4H3. The van der Waals surface area contributed by atoms with E-state index in [9.17, 15) is 9.59 Å². The first-order chi connectivity index (χ1) is 13.7. The number of hydrogen-bond acceptors (Lipinski definition) is 5. The van der Waals surface area contributed by atoms with Gasteiger partial charge in [0.05, 0.1) is 17.9 Å². The molecule has 6 heteroatoms. The first-order valence-corrected chi connectivity index (χ1v) is 9.82. The third-order valence-corrected chi connectivity index (χ3v) is 5.29. The fourth-order valence-corrected chi connectivity index (χ4v) is 3.68. The highest BCUT2D eigenvalue weighted by atomic mass is 16.6. The summed E-state index contributed by atoms with van der Waals surface area (Å²) in [5, 5.41) is 0. The van der Waals surface area contributed by atoms with Gasteiger partial charge in [0.15, 0.2) is 11.5 Å². The first kappa shape index (κ1) is 19.5. The number of rotatable bonds is 4. The number of ether oxygens (including phenoxy) is 2. The Morgan fingerprint density at radius 1 is 1.00 bits per heavy atom. The lowest BCUT2D eigenvalue weighted by Crippen LogP contribution is -2.39. The van der Waals surface area contributed by atoms with E-state index in [2.05, 4.69) is 45.0 Å². The van der Waals surface area contributed by atoms with E-state index >= 15 is 0 Å². The number of hydrogen-bond donors (Lipinski definition) is 0. The number of carbonyl (C=O) groups is 2. The van der Waals surface area contributed by atoms with Crippen LogP contribution in [0.1, 0.15) is 42.3 Å². The molecule has 0 fully saturated rings. The lowest BCUT2D eigenvalue weighted by molar-refractivity contribution is -0.114. The minimum absolute atomic E-state index is 0.112. The molecule has 2 aromatic carbocycles. The summed E-state index contributed by atoms with van der Waals surface area (Å²) in [6, 6.07) is 11.9. The summed E-state index contributed by atoms with van der Waals surface area (Å²) in [6.45, 7) is 8.45. The molecule has 4 rings (SSSR count). The van der Waals surface area contributed by atoms with Crippen molar-refractivity contribution in [3.63, 3.8) is 0 Å². The van der Waals surface area contributed by atoms with Gasteiger partial charge in [0.1, 0.15) is 13.2 Å². The summed E-state index contributed by atoms with van der Waals surface area (Å²) in [7, 11) is 1.94. The SMILES string of the molecule is CN(Cc1ccc(C(C)(C)C)cc1)CN1C(=O)C(=O)c2cc3c(cc21)OCCO3. The van der Waals surface area contributed by atoms with Crippen LogP contribution in [0.4, 0.5) is 5.69 Å². The third-order valence-electron chi connectivity index (χ3n) is 5.29. The molecule has 1 amide bonds. The average molecular weight is 394 g/mol. The lowest BCUT2D eigenvalue weighted by atomic mass is 9.87. The van der Waals surface area contributed by atoms with Gasteiger partial charge in [0, 0.05) is 12.6 Å². The number of ketones is 1. The zero-order valence-corrected chi connectivity index (χ0v) is 17.3. The molecule has 0 aromatic heterocycles. The van der Waals surface area contributed by atoms with Gasteiger partial charge in [0.2, 0.25) is 0 Å². The van der Waals surface area contributed by atoms with Gasteiger partial charge in [-0.25, -0.2) is 0 Å². The molecule has 29 heavy (non-hydrogen) atoms. The fraction of sp³-hybridized carbons (Fsp3) is 0.391. The Morgan fingerprint density at radius 3 is 2.24 bits per heavy atom. The zero-order valence-electron chi connectivity index (χ0n) is 17.3. The third kappa shape index (κ3) is 3.72. The number of Topliss-reactive ketones (excluding diaryl/α,β-unsaturated/α-hetero) is 1. The Morgan fingerprint density at radius 2 is 1.62 bits per heavy atom. The van der Waals surface area contributed by atoms with Crippen LogP contribution in [-0.4, -0.2) is 43.5 Å². The van der Waals surface area contributed by atoms with Crippen LogP contribution in [0.5, 0.6) is 11.5 Å². The Balaban J connectivity index is 1.51. The smallest absolute Gasteiger partial charge is 0.300 e. The van der Waals surface area contributed by atoms with E-state index in [4.69, 9.17) is 9.47 Å². The molecule has 0 atom stereocenters. The largest absolute Gasteiger partial charge is 0.486 e. The average Bonchev–Trinajstić information content (AvgIpc) is 2.90. The van der Waals surface area contributed by atoms with Crippen LogP contribution in [0, 0.1) is 0 Å². The quantitative estimate of drug-likeness (QED) is 0.744. The molecule has 2 aromatic rings. The topological polar surface area (TPSA) is 59.1 Å². The number of nitrogens with zero attached hydrogens (tertiary/aromatic N) is 2. The van der Waals surface area contributed by atoms with Crippen LogP contribution in [0.2, 0.25) is 0 Å². The molecule has 0 unspecified atom stereocenters. The van der Waals surface area contributed by atoms with E-state index in [0.29, 0.717) is 49.2 Å². The molecule has 2 aliphatic heterocycles. The van der Waals surface area contributed by atoms with Gasteiger partial charge in [-0.05, 0) is 29.7 Å². The van der Waals surface area contributed by atoms with E-state index in [1.54, 1.807) is 12.1 Å². The van der Waals surface area contributed by atoms with Gasteiger partial charge >= 0.3 is 5.91 Å². The van der Waals surface area contributed by atoms with Crippen molar-refractivity contribution in [2.24, 2.45) is 0 Å². The number of anilines is 1. The minimum atomic E-state index is -0.516. The van der Waals surface area contributed by atoms with Gasteiger partial charge in [0.25, 0.3) is 5.78 Å². The summed E-state index contributed by atoms with van der Waals surface area (Å²) in [5.74, 6) is 0.0744. The van der Waals surface area contributed by atoms with Gasteiger partial charge < -0.3 is 9.47 Å². The number of carbonyl (C=O) groups excluding carboxylic acids is 2. The van der Waals surface area contributed by atoms with Crippen molar-refractivity contribution in [1.29, 1.82) is 0 Å². The molecule has 2 heterocycles. The molecule has 6 nitrogen and oxygen atoms in total. The van der Waals surface area contributed by atoms with Crippen LogP contribution in [0.3, 0.4) is 0 Å². The van der Waals surface area contributed by atoms with Crippen molar-refractivity contribution in [1.82, 2.24) is 4.90 Å². The Kier molecular flexibility index (Phi) is 4.82. The van der Waals surface area contributed by atoms with Crippen molar-refractivity contribution in [2.75, 3.05) is 31.8 Å². The second kappa shape index (κ2) is 7.19. The van der Waals surface area contributed by atoms with Crippen molar-refractivity contribution < 1.29 is 19.1 Å². The van der Waals surface area contributed by atoms with Crippen molar-refractivity contribution >= 4 is 17.4 Å². The molecule has 152 valence electrons. The molecule has 0 saturated carbocycles. The minimum Gasteiger partial charge on any atom is -0.486 e. The van der Waals surface area contributed by atoms with Gasteiger partial charge in [-0.2, -0.15) is 0 Å². The van der Waals surface area contributed by atoms with E-state index in [1.165, 1.54) is 10.5 Å². The predicted octanol–water partition coefficient (Wildman–Crippen LogP) is 3.37. The highest BCUT2D eigenvalue weighted by Gasteiger charge is 2.38. The van der Waals surface area contributed by atoms with Crippen molar-refractivity contribution in [3.05, 3.63) is 53.1 Å². The van der Waals surface area contributed by atoms with E-state index < -0.39 is 11.7 Å². The predicted molar refractivity (Wildman–Crippen MR) is 111 cm³/mol. The van der Waals surface area contributed by atoms with Gasteiger partial charge in [-0.15, -0.1) is 0 Å². The summed E-state index contributed by atoms with van der Waals surface area (Å²) in [5.41, 5.74) is 3.51. The maximum Gasteiger partial charge on any atom is 0.300 e. The van der Waals surface area contributed by atoms with Crippen molar-refractivity contribution in [2.45, 2.75) is 32.7 Å². The Bertz CT molecular complexity index is 960. The maximum atomic E-state index is 12.6. The molecular weight excluding hydrogens is 368 g/mol. The Hall–Kier alpha value is -2.86. The monoisotopic (exact) mass is 394 g/mol. The normalized spacial score (nSPS) is 15.8. The molecule has 0 saturated heterocycles. The molecule has 0 bridgehead atoms. The molecule has 0 aliphatic carbocycles. The van der Waals surface area contributed by atoms with E-state index in [1.807, 2.05) is 11.9 Å². The number of benzene rings is 2. The number of amides is 1. The second-order valence-corrected chi connectivity index (χ2v) is 8.68. The molecule has 0 N–H and O–H groups in total. The number of fused-ring (bicyclic) bond motifs is 2. The molecule has 0 radical (unpaired) electrons. The van der Waals surface area contributed by atoms with Gasteiger partial charge in [-0.1, -0.05) is 45.0 Å².